The number of urea groups is 1. The van der Waals surface area contributed by atoms with Crippen LogP contribution < -0.4 is 16.0 Å². The van der Waals surface area contributed by atoms with E-state index < -0.39 is 18.0 Å². The largest absolute Gasteiger partial charge is 0.354 e. The van der Waals surface area contributed by atoms with Gasteiger partial charge in [-0.15, -0.1) is 11.3 Å². The number of likely N-dealkylation sites (N-methyl/N-ethyl adjacent to an activating group) is 1. The molecule has 1 saturated heterocycles. The van der Waals surface area contributed by atoms with Gasteiger partial charge in [-0.05, 0) is 24.8 Å². The lowest BCUT2D eigenvalue weighted by molar-refractivity contribution is -0.137. The second kappa shape index (κ2) is 10.1. The number of amides is 5. The van der Waals surface area contributed by atoms with E-state index in [4.69, 9.17) is 0 Å². The summed E-state index contributed by atoms with van der Waals surface area (Å²) in [4.78, 5) is 55.0. The van der Waals surface area contributed by atoms with Crippen molar-refractivity contribution in [3.05, 3.63) is 52.0 Å². The van der Waals surface area contributed by atoms with Crippen LogP contribution in [0.1, 0.15) is 41.4 Å². The van der Waals surface area contributed by atoms with E-state index in [1.165, 1.54) is 17.7 Å². The van der Waals surface area contributed by atoms with Crippen molar-refractivity contribution < 1.29 is 19.2 Å². The molecule has 174 valence electrons. The number of hydrogen-bond donors (Lipinski definition) is 3. The van der Waals surface area contributed by atoms with Gasteiger partial charge in [0, 0.05) is 24.9 Å². The minimum atomic E-state index is -0.930. The highest BCUT2D eigenvalue weighted by Crippen LogP contribution is 2.41. The van der Waals surface area contributed by atoms with Crippen LogP contribution in [0.25, 0.3) is 0 Å². The molecular weight excluding hydrogens is 442 g/mol. The van der Waals surface area contributed by atoms with Gasteiger partial charge in [0.25, 0.3) is 0 Å². The lowest BCUT2D eigenvalue weighted by atomic mass is 10.0. The number of imide groups is 1. The highest BCUT2D eigenvalue weighted by atomic mass is 32.1. The van der Waals surface area contributed by atoms with Crippen molar-refractivity contribution in [1.82, 2.24) is 25.8 Å². The minimum Gasteiger partial charge on any atom is -0.354 e. The zero-order valence-electron chi connectivity index (χ0n) is 18.4. The zero-order valence-corrected chi connectivity index (χ0v) is 19.2. The van der Waals surface area contributed by atoms with Gasteiger partial charge in [-0.1, -0.05) is 30.3 Å². The molecule has 2 aromatic rings. The molecule has 0 radical (unpaired) electrons. The summed E-state index contributed by atoms with van der Waals surface area (Å²) in [5.74, 6) is -0.467. The molecule has 33 heavy (non-hydrogen) atoms. The van der Waals surface area contributed by atoms with E-state index in [9.17, 15) is 19.2 Å². The van der Waals surface area contributed by atoms with Crippen LogP contribution >= 0.6 is 11.3 Å². The van der Waals surface area contributed by atoms with E-state index in [1.807, 2.05) is 35.7 Å². The number of nitrogens with one attached hydrogen (secondary N) is 3. The van der Waals surface area contributed by atoms with E-state index in [2.05, 4.69) is 20.9 Å². The summed E-state index contributed by atoms with van der Waals surface area (Å²) < 4.78 is 0. The van der Waals surface area contributed by atoms with Gasteiger partial charge in [-0.3, -0.25) is 19.7 Å². The molecule has 1 aromatic carbocycles. The van der Waals surface area contributed by atoms with Gasteiger partial charge in [0.15, 0.2) is 0 Å². The van der Waals surface area contributed by atoms with Gasteiger partial charge in [0.1, 0.15) is 6.04 Å². The van der Waals surface area contributed by atoms with Gasteiger partial charge in [0.2, 0.25) is 17.7 Å². The Morgan fingerprint density at radius 2 is 2.00 bits per heavy atom. The van der Waals surface area contributed by atoms with Crippen molar-refractivity contribution in [2.45, 2.75) is 50.1 Å². The van der Waals surface area contributed by atoms with Crippen LogP contribution in [-0.2, 0) is 27.2 Å². The van der Waals surface area contributed by atoms with Crippen LogP contribution in [0.4, 0.5) is 4.79 Å². The van der Waals surface area contributed by atoms with Crippen molar-refractivity contribution in [3.8, 4) is 0 Å². The van der Waals surface area contributed by atoms with Gasteiger partial charge in [-0.2, -0.15) is 0 Å². The van der Waals surface area contributed by atoms with Gasteiger partial charge in [-0.25, -0.2) is 9.78 Å². The minimum absolute atomic E-state index is 0.119. The molecule has 1 unspecified atom stereocenters. The number of hydrogen-bond acceptors (Lipinski definition) is 6. The SMILES string of the molecule is CN(C(=O)[C@@H]1CC(=O)NC(=O)N1)C(CNC(=O)Cc1csc(C2CC2)n1)Cc1ccccc1. The van der Waals surface area contributed by atoms with Crippen LogP contribution in [-0.4, -0.2) is 59.3 Å². The molecule has 0 bridgehead atoms. The number of carbonyl (C=O) groups excluding carboxylic acids is 4. The molecule has 10 heteroatoms. The molecule has 3 N–H and O–H groups in total. The lowest BCUT2D eigenvalue weighted by Gasteiger charge is -2.33. The molecule has 2 heterocycles. The number of nitrogens with zero attached hydrogens (tertiary/aromatic N) is 2. The highest BCUT2D eigenvalue weighted by molar-refractivity contribution is 7.09. The molecule has 2 aliphatic rings. The third-order valence-corrected chi connectivity index (χ3v) is 6.88. The Hall–Kier alpha value is -3.27. The van der Waals surface area contributed by atoms with E-state index in [1.54, 1.807) is 18.4 Å². The second-order valence-corrected chi connectivity index (χ2v) is 9.39. The van der Waals surface area contributed by atoms with E-state index in [-0.39, 0.29) is 37.2 Å². The molecule has 2 fully saturated rings. The first-order valence-electron chi connectivity index (χ1n) is 11.0. The smallest absolute Gasteiger partial charge is 0.322 e. The zero-order chi connectivity index (χ0) is 23.4. The Balaban J connectivity index is 1.39. The first kappa shape index (κ1) is 22.9. The van der Waals surface area contributed by atoms with Gasteiger partial charge < -0.3 is 15.5 Å². The monoisotopic (exact) mass is 469 g/mol. The maximum atomic E-state index is 13.0. The van der Waals surface area contributed by atoms with Crippen molar-refractivity contribution in [2.75, 3.05) is 13.6 Å². The van der Waals surface area contributed by atoms with E-state index in [0.29, 0.717) is 12.3 Å². The molecule has 2 atom stereocenters. The van der Waals surface area contributed by atoms with Crippen molar-refractivity contribution in [1.29, 1.82) is 0 Å². The quantitative estimate of drug-likeness (QED) is 0.512. The number of benzene rings is 1. The summed E-state index contributed by atoms with van der Waals surface area (Å²) in [6.07, 6.45) is 2.93. The molecular formula is C23H27N5O4S. The number of carbonyl (C=O) groups is 4. The fourth-order valence-corrected chi connectivity index (χ4v) is 4.79. The highest BCUT2D eigenvalue weighted by Gasteiger charge is 2.34. The lowest BCUT2D eigenvalue weighted by Crippen LogP contribution is -2.60. The maximum Gasteiger partial charge on any atom is 0.322 e. The standard InChI is InChI=1S/C23H27N5O4S/c1-28(22(31)18-11-20(30)27-23(32)26-18)17(9-14-5-3-2-4-6-14)12-24-19(29)10-16-13-33-21(25-16)15-7-8-15/h2-6,13,15,17-18H,7-12H2,1H3,(H,24,29)(H2,26,27,30,32)/t17?,18-/m0/s1. The Bertz CT molecular complexity index is 1020. The van der Waals surface area contributed by atoms with Crippen LogP contribution in [0.3, 0.4) is 0 Å². The fourth-order valence-electron chi connectivity index (χ4n) is 3.80. The predicted octanol–water partition coefficient (Wildman–Crippen LogP) is 1.35. The van der Waals surface area contributed by atoms with Gasteiger partial charge in [0.05, 0.1) is 29.6 Å². The maximum absolute atomic E-state index is 13.0. The molecule has 9 nitrogen and oxygen atoms in total. The number of aromatic nitrogens is 1. The van der Waals surface area contributed by atoms with Gasteiger partial charge >= 0.3 is 6.03 Å². The third kappa shape index (κ3) is 6.16. The number of thiazole rings is 1. The van der Waals surface area contributed by atoms with Crippen molar-refractivity contribution >= 4 is 35.1 Å². The Morgan fingerprint density at radius 1 is 1.24 bits per heavy atom. The fraction of sp³-hybridized carbons (Fsp3) is 0.435. The Kier molecular flexibility index (Phi) is 7.02. The molecule has 4 rings (SSSR count). The van der Waals surface area contributed by atoms with Crippen LogP contribution in [0.2, 0.25) is 0 Å². The van der Waals surface area contributed by atoms with Crippen LogP contribution in [0, 0.1) is 0 Å². The van der Waals surface area contributed by atoms with Crippen LogP contribution in [0.5, 0.6) is 0 Å². The average Bonchev–Trinajstić information content (AvgIpc) is 3.54. The molecule has 0 spiro atoms. The summed E-state index contributed by atoms with van der Waals surface area (Å²) in [5.41, 5.74) is 1.77. The summed E-state index contributed by atoms with van der Waals surface area (Å²) in [6, 6.07) is 7.69. The average molecular weight is 470 g/mol. The third-order valence-electron chi connectivity index (χ3n) is 5.83. The first-order chi connectivity index (χ1) is 15.9. The van der Waals surface area contributed by atoms with E-state index >= 15 is 0 Å². The summed E-state index contributed by atoms with van der Waals surface area (Å²) in [5, 5.41) is 10.6. The molecule has 5 amide bonds. The molecule has 1 aliphatic heterocycles. The molecule has 1 aliphatic carbocycles. The van der Waals surface area contributed by atoms with E-state index in [0.717, 1.165) is 16.3 Å². The first-order valence-corrected chi connectivity index (χ1v) is 11.9. The van der Waals surface area contributed by atoms with Crippen LogP contribution in [0.15, 0.2) is 35.7 Å². The Labute approximate surface area is 196 Å². The normalized spacial score (nSPS) is 18.8. The summed E-state index contributed by atoms with van der Waals surface area (Å²) in [6.45, 7) is 0.239. The van der Waals surface area contributed by atoms with Crippen molar-refractivity contribution in [2.24, 2.45) is 0 Å². The number of rotatable bonds is 9. The molecule has 1 saturated carbocycles. The summed E-state index contributed by atoms with van der Waals surface area (Å²) in [7, 11) is 1.63. The Morgan fingerprint density at radius 3 is 2.70 bits per heavy atom. The second-order valence-electron chi connectivity index (χ2n) is 8.50. The predicted molar refractivity (Wildman–Crippen MR) is 123 cm³/mol. The topological polar surface area (TPSA) is 121 Å². The van der Waals surface area contributed by atoms with Crippen molar-refractivity contribution in [3.63, 3.8) is 0 Å². The summed E-state index contributed by atoms with van der Waals surface area (Å²) >= 11 is 1.60. The molecule has 1 aromatic heterocycles.